The van der Waals surface area contributed by atoms with E-state index in [1.54, 1.807) is 28.9 Å². The van der Waals surface area contributed by atoms with E-state index in [1.165, 1.54) is 6.26 Å². The molecule has 0 saturated heterocycles. The van der Waals surface area contributed by atoms with E-state index in [-0.39, 0.29) is 16.8 Å². The molecule has 1 unspecified atom stereocenters. The number of hydrogen-bond acceptors (Lipinski definition) is 4. The molecule has 3 aromatic rings. The van der Waals surface area contributed by atoms with Gasteiger partial charge in [0.1, 0.15) is 5.69 Å². The molecule has 1 atom stereocenters. The fourth-order valence-corrected chi connectivity index (χ4v) is 3.89. The maximum atomic E-state index is 13.0. The summed E-state index contributed by atoms with van der Waals surface area (Å²) in [5, 5.41) is 7.68. The standard InChI is InChI=1S/C22H23N3O3S/c1-15(16-10-12-19(13-11-16)29(2,27)28)23-22(26)21-14-20(17-8-9-17)24-25(21)18-6-4-3-5-7-18/h3-7,10-15,17H,8-9H2,1-2H3,(H,23,26). The summed E-state index contributed by atoms with van der Waals surface area (Å²) in [7, 11) is -3.25. The molecular formula is C22H23N3O3S. The second-order valence-electron chi connectivity index (χ2n) is 7.51. The van der Waals surface area contributed by atoms with Crippen LogP contribution in [0.25, 0.3) is 5.69 Å². The number of para-hydroxylation sites is 1. The van der Waals surface area contributed by atoms with Crippen LogP contribution in [0.15, 0.2) is 65.6 Å². The highest BCUT2D eigenvalue weighted by atomic mass is 32.2. The molecule has 7 heteroatoms. The van der Waals surface area contributed by atoms with Crippen LogP contribution in [0.1, 0.15) is 53.5 Å². The molecule has 1 fully saturated rings. The molecule has 1 heterocycles. The van der Waals surface area contributed by atoms with Gasteiger partial charge in [-0.25, -0.2) is 13.1 Å². The van der Waals surface area contributed by atoms with Crippen LogP contribution in [-0.2, 0) is 9.84 Å². The van der Waals surface area contributed by atoms with Crippen molar-refractivity contribution in [3.63, 3.8) is 0 Å². The number of nitrogens with zero attached hydrogens (tertiary/aromatic N) is 2. The highest BCUT2D eigenvalue weighted by Crippen LogP contribution is 2.39. The summed E-state index contributed by atoms with van der Waals surface area (Å²) in [5.74, 6) is 0.223. The van der Waals surface area contributed by atoms with E-state index in [0.29, 0.717) is 11.6 Å². The van der Waals surface area contributed by atoms with Gasteiger partial charge in [0, 0.05) is 12.2 Å². The van der Waals surface area contributed by atoms with E-state index in [9.17, 15) is 13.2 Å². The van der Waals surface area contributed by atoms with Crippen LogP contribution in [0, 0.1) is 0 Å². The lowest BCUT2D eigenvalue weighted by molar-refractivity contribution is 0.0932. The van der Waals surface area contributed by atoms with Crippen LogP contribution in [-0.4, -0.2) is 30.4 Å². The predicted octanol–water partition coefficient (Wildman–Crippen LogP) is 3.64. The van der Waals surface area contributed by atoms with Gasteiger partial charge >= 0.3 is 0 Å². The van der Waals surface area contributed by atoms with Gasteiger partial charge in [-0.15, -0.1) is 0 Å². The van der Waals surface area contributed by atoms with Crippen molar-refractivity contribution in [2.45, 2.75) is 36.6 Å². The fraction of sp³-hybridized carbons (Fsp3) is 0.273. The number of sulfone groups is 1. The first kappa shape index (κ1) is 19.4. The minimum atomic E-state index is -3.25. The summed E-state index contributed by atoms with van der Waals surface area (Å²) in [5.41, 5.74) is 3.12. The highest BCUT2D eigenvalue weighted by Gasteiger charge is 2.29. The van der Waals surface area contributed by atoms with E-state index in [0.717, 1.165) is 29.8 Å². The number of carbonyl (C=O) groups is 1. The Morgan fingerprint density at radius 3 is 2.34 bits per heavy atom. The summed E-state index contributed by atoms with van der Waals surface area (Å²) in [6.45, 7) is 1.87. The van der Waals surface area contributed by atoms with Crippen LogP contribution in [0.4, 0.5) is 0 Å². The topological polar surface area (TPSA) is 81.1 Å². The minimum Gasteiger partial charge on any atom is -0.344 e. The molecule has 0 bridgehead atoms. The van der Waals surface area contributed by atoms with Crippen molar-refractivity contribution in [3.8, 4) is 5.69 Å². The Hall–Kier alpha value is -2.93. The lowest BCUT2D eigenvalue weighted by Crippen LogP contribution is -2.28. The maximum Gasteiger partial charge on any atom is 0.270 e. The first-order chi connectivity index (χ1) is 13.8. The summed E-state index contributed by atoms with van der Waals surface area (Å²) in [6, 6.07) is 17.8. The van der Waals surface area contributed by atoms with Crippen molar-refractivity contribution in [3.05, 3.63) is 77.6 Å². The Kier molecular flexibility index (Phi) is 5.00. The normalized spacial score (nSPS) is 15.1. The van der Waals surface area contributed by atoms with Gasteiger partial charge in [0.25, 0.3) is 5.91 Å². The molecule has 1 amide bonds. The molecule has 2 aromatic carbocycles. The number of nitrogens with one attached hydrogen (secondary N) is 1. The molecule has 0 aliphatic heterocycles. The number of aromatic nitrogens is 2. The van der Waals surface area contributed by atoms with Crippen LogP contribution >= 0.6 is 0 Å². The van der Waals surface area contributed by atoms with Gasteiger partial charge < -0.3 is 5.32 Å². The van der Waals surface area contributed by atoms with E-state index in [4.69, 9.17) is 0 Å². The predicted molar refractivity (Wildman–Crippen MR) is 111 cm³/mol. The van der Waals surface area contributed by atoms with Crippen LogP contribution in [0.3, 0.4) is 0 Å². The molecule has 0 radical (unpaired) electrons. The zero-order valence-electron chi connectivity index (χ0n) is 16.4. The van der Waals surface area contributed by atoms with Crippen molar-refractivity contribution in [2.75, 3.05) is 6.26 Å². The number of rotatable bonds is 6. The van der Waals surface area contributed by atoms with Gasteiger partial charge in [0.2, 0.25) is 0 Å². The Labute approximate surface area is 170 Å². The van der Waals surface area contributed by atoms with E-state index in [1.807, 2.05) is 43.3 Å². The second kappa shape index (κ2) is 7.48. The Morgan fingerprint density at radius 2 is 1.76 bits per heavy atom. The smallest absolute Gasteiger partial charge is 0.270 e. The van der Waals surface area contributed by atoms with Crippen molar-refractivity contribution in [2.24, 2.45) is 0 Å². The first-order valence-corrected chi connectivity index (χ1v) is 11.5. The van der Waals surface area contributed by atoms with Gasteiger partial charge in [-0.3, -0.25) is 4.79 Å². The van der Waals surface area contributed by atoms with Gasteiger partial charge in [-0.1, -0.05) is 30.3 Å². The molecular weight excluding hydrogens is 386 g/mol. The van der Waals surface area contributed by atoms with Crippen molar-refractivity contribution >= 4 is 15.7 Å². The molecule has 6 nitrogen and oxygen atoms in total. The van der Waals surface area contributed by atoms with Gasteiger partial charge in [0.15, 0.2) is 9.84 Å². The highest BCUT2D eigenvalue weighted by molar-refractivity contribution is 7.90. The van der Waals surface area contributed by atoms with Gasteiger partial charge in [-0.05, 0) is 55.7 Å². The number of carbonyl (C=O) groups excluding carboxylic acids is 1. The molecule has 1 aromatic heterocycles. The minimum absolute atomic E-state index is 0.215. The first-order valence-electron chi connectivity index (χ1n) is 9.59. The van der Waals surface area contributed by atoms with Crippen molar-refractivity contribution in [1.82, 2.24) is 15.1 Å². The Bertz CT molecular complexity index is 1130. The monoisotopic (exact) mass is 409 g/mol. The molecule has 4 rings (SSSR count). The van der Waals surface area contributed by atoms with Gasteiger partial charge in [-0.2, -0.15) is 5.10 Å². The zero-order chi connectivity index (χ0) is 20.6. The molecule has 1 aliphatic carbocycles. The summed E-state index contributed by atoms with van der Waals surface area (Å²) in [6.07, 6.45) is 3.39. The quantitative estimate of drug-likeness (QED) is 0.674. The summed E-state index contributed by atoms with van der Waals surface area (Å²) < 4.78 is 25.0. The van der Waals surface area contributed by atoms with Crippen LogP contribution < -0.4 is 5.32 Å². The molecule has 1 aliphatic rings. The van der Waals surface area contributed by atoms with E-state index < -0.39 is 9.84 Å². The van der Waals surface area contributed by atoms with Crippen LogP contribution in [0.5, 0.6) is 0 Å². The summed E-state index contributed by atoms with van der Waals surface area (Å²) >= 11 is 0. The van der Waals surface area contributed by atoms with E-state index in [2.05, 4.69) is 10.4 Å². The maximum absolute atomic E-state index is 13.0. The lowest BCUT2D eigenvalue weighted by Gasteiger charge is -2.15. The fourth-order valence-electron chi connectivity index (χ4n) is 3.26. The lowest BCUT2D eigenvalue weighted by atomic mass is 10.1. The Morgan fingerprint density at radius 1 is 1.10 bits per heavy atom. The molecule has 0 spiro atoms. The van der Waals surface area contributed by atoms with E-state index >= 15 is 0 Å². The summed E-state index contributed by atoms with van der Waals surface area (Å²) in [4.78, 5) is 13.3. The molecule has 1 N–H and O–H groups in total. The molecule has 1 saturated carbocycles. The number of hydrogen-bond donors (Lipinski definition) is 1. The SMILES string of the molecule is CC(NC(=O)c1cc(C2CC2)nn1-c1ccccc1)c1ccc(S(C)(=O)=O)cc1. The third-order valence-corrected chi connectivity index (χ3v) is 6.24. The average molecular weight is 410 g/mol. The zero-order valence-corrected chi connectivity index (χ0v) is 17.2. The molecule has 150 valence electrons. The van der Waals surface area contributed by atoms with Crippen LogP contribution in [0.2, 0.25) is 0 Å². The average Bonchev–Trinajstić information content (AvgIpc) is 3.46. The van der Waals surface area contributed by atoms with Crippen molar-refractivity contribution < 1.29 is 13.2 Å². The molecule has 29 heavy (non-hydrogen) atoms. The second-order valence-corrected chi connectivity index (χ2v) is 9.53. The van der Waals surface area contributed by atoms with Crippen molar-refractivity contribution in [1.29, 1.82) is 0 Å². The number of amides is 1. The van der Waals surface area contributed by atoms with Gasteiger partial charge in [0.05, 0.1) is 22.3 Å². The third kappa shape index (κ3) is 4.24. The Balaban J connectivity index is 1.58. The largest absolute Gasteiger partial charge is 0.344 e. The third-order valence-electron chi connectivity index (χ3n) is 5.11. The number of benzene rings is 2.